The molecule has 0 bridgehead atoms. The van der Waals surface area contributed by atoms with E-state index >= 15 is 0 Å². The highest BCUT2D eigenvalue weighted by Crippen LogP contribution is 2.18. The Morgan fingerprint density at radius 1 is 1.14 bits per heavy atom. The summed E-state index contributed by atoms with van der Waals surface area (Å²) in [4.78, 5) is 14.2. The lowest BCUT2D eigenvalue weighted by Gasteiger charge is -2.28. The topological polar surface area (TPSA) is 41.6 Å². The summed E-state index contributed by atoms with van der Waals surface area (Å²) in [5.74, 6) is -0.0761. The van der Waals surface area contributed by atoms with Crippen LogP contribution < -0.4 is 5.32 Å². The molecule has 1 N–H and O–H groups in total. The quantitative estimate of drug-likeness (QED) is 0.862. The standard InChI is InChI=1S/C17H18N2O2S/c20-16(18-17(22)19-8-10-21-11-9-19)12-14-6-3-5-13-4-1-2-7-15(13)14/h1-7H,8-12H2,(H,18,20,22). The molecule has 114 valence electrons. The molecule has 0 aliphatic carbocycles. The molecule has 1 fully saturated rings. The van der Waals surface area contributed by atoms with Crippen molar-refractivity contribution in [2.24, 2.45) is 0 Å². The summed E-state index contributed by atoms with van der Waals surface area (Å²) < 4.78 is 5.28. The third-order valence-corrected chi connectivity index (χ3v) is 4.14. The first-order valence-electron chi connectivity index (χ1n) is 7.37. The number of amides is 1. The fraction of sp³-hybridized carbons (Fsp3) is 0.294. The normalized spacial score (nSPS) is 14.8. The number of benzene rings is 2. The van der Waals surface area contributed by atoms with Crippen molar-refractivity contribution in [1.82, 2.24) is 10.2 Å². The lowest BCUT2D eigenvalue weighted by Crippen LogP contribution is -2.48. The first kappa shape index (κ1) is 14.9. The van der Waals surface area contributed by atoms with E-state index in [1.54, 1.807) is 0 Å². The van der Waals surface area contributed by atoms with Crippen molar-refractivity contribution in [1.29, 1.82) is 0 Å². The van der Waals surface area contributed by atoms with Gasteiger partial charge in [0.25, 0.3) is 0 Å². The third kappa shape index (κ3) is 3.43. The number of rotatable bonds is 2. The van der Waals surface area contributed by atoms with Gasteiger partial charge in [0.1, 0.15) is 0 Å². The van der Waals surface area contributed by atoms with Crippen LogP contribution in [0, 0.1) is 0 Å². The Labute approximate surface area is 135 Å². The number of hydrogen-bond donors (Lipinski definition) is 1. The molecule has 1 saturated heterocycles. The molecule has 22 heavy (non-hydrogen) atoms. The van der Waals surface area contributed by atoms with Crippen LogP contribution in [0.25, 0.3) is 10.8 Å². The summed E-state index contributed by atoms with van der Waals surface area (Å²) in [5.41, 5.74) is 1.01. The second kappa shape index (κ2) is 6.85. The monoisotopic (exact) mass is 314 g/mol. The largest absolute Gasteiger partial charge is 0.378 e. The van der Waals surface area contributed by atoms with Crippen LogP contribution in [0.15, 0.2) is 42.5 Å². The van der Waals surface area contributed by atoms with Gasteiger partial charge in [0.15, 0.2) is 5.11 Å². The van der Waals surface area contributed by atoms with Crippen LogP contribution in [0.2, 0.25) is 0 Å². The van der Waals surface area contributed by atoms with Gasteiger partial charge in [0, 0.05) is 13.1 Å². The molecule has 1 aliphatic heterocycles. The minimum absolute atomic E-state index is 0.0761. The van der Waals surface area contributed by atoms with Gasteiger partial charge < -0.3 is 15.0 Å². The number of thiocarbonyl (C=S) groups is 1. The molecule has 0 saturated carbocycles. The number of fused-ring (bicyclic) bond motifs is 1. The maximum Gasteiger partial charge on any atom is 0.230 e. The van der Waals surface area contributed by atoms with Gasteiger partial charge in [-0.05, 0) is 28.6 Å². The summed E-state index contributed by atoms with van der Waals surface area (Å²) >= 11 is 5.30. The van der Waals surface area contributed by atoms with Crippen molar-refractivity contribution >= 4 is 34.0 Å². The highest BCUT2D eigenvalue weighted by molar-refractivity contribution is 7.80. The molecular formula is C17H18N2O2S. The first-order valence-corrected chi connectivity index (χ1v) is 7.78. The Morgan fingerprint density at radius 2 is 1.86 bits per heavy atom. The van der Waals surface area contributed by atoms with E-state index in [0.29, 0.717) is 24.7 Å². The minimum atomic E-state index is -0.0761. The highest BCUT2D eigenvalue weighted by atomic mass is 32.1. The Bertz CT molecular complexity index is 691. The molecule has 0 radical (unpaired) electrons. The van der Waals surface area contributed by atoms with Crippen molar-refractivity contribution in [3.8, 4) is 0 Å². The van der Waals surface area contributed by atoms with Gasteiger partial charge in [-0.25, -0.2) is 0 Å². The Hall–Kier alpha value is -1.98. The van der Waals surface area contributed by atoms with E-state index in [1.807, 2.05) is 35.2 Å². The zero-order valence-electron chi connectivity index (χ0n) is 12.2. The van der Waals surface area contributed by atoms with E-state index in [9.17, 15) is 4.79 Å². The van der Waals surface area contributed by atoms with Gasteiger partial charge in [-0.3, -0.25) is 4.79 Å². The Morgan fingerprint density at radius 3 is 2.68 bits per heavy atom. The number of morpholine rings is 1. The van der Waals surface area contributed by atoms with E-state index < -0.39 is 0 Å². The Balaban J connectivity index is 1.67. The summed E-state index contributed by atoms with van der Waals surface area (Å²) in [6.45, 7) is 2.76. The molecule has 1 aliphatic rings. The lowest BCUT2D eigenvalue weighted by atomic mass is 10.0. The van der Waals surface area contributed by atoms with E-state index in [2.05, 4.69) is 17.4 Å². The molecule has 4 nitrogen and oxygen atoms in total. The minimum Gasteiger partial charge on any atom is -0.378 e. The summed E-state index contributed by atoms with van der Waals surface area (Å²) in [6.07, 6.45) is 0.325. The van der Waals surface area contributed by atoms with E-state index in [1.165, 1.54) is 0 Å². The van der Waals surface area contributed by atoms with Crippen molar-refractivity contribution < 1.29 is 9.53 Å². The predicted molar refractivity (Wildman–Crippen MR) is 90.8 cm³/mol. The third-order valence-electron chi connectivity index (χ3n) is 3.78. The van der Waals surface area contributed by atoms with Crippen LogP contribution in [0.4, 0.5) is 0 Å². The van der Waals surface area contributed by atoms with Crippen LogP contribution in [-0.4, -0.2) is 42.2 Å². The van der Waals surface area contributed by atoms with Crippen LogP contribution in [-0.2, 0) is 16.0 Å². The molecule has 3 rings (SSSR count). The molecule has 1 heterocycles. The van der Waals surface area contributed by atoms with Crippen molar-refractivity contribution in [2.75, 3.05) is 26.3 Å². The van der Waals surface area contributed by atoms with E-state index in [0.717, 1.165) is 29.4 Å². The van der Waals surface area contributed by atoms with Crippen LogP contribution in [0.3, 0.4) is 0 Å². The summed E-state index contributed by atoms with van der Waals surface area (Å²) in [5, 5.41) is 5.57. The van der Waals surface area contributed by atoms with E-state index in [4.69, 9.17) is 17.0 Å². The number of hydrogen-bond acceptors (Lipinski definition) is 3. The lowest BCUT2D eigenvalue weighted by molar-refractivity contribution is -0.119. The molecule has 0 spiro atoms. The first-order chi connectivity index (χ1) is 10.7. The fourth-order valence-corrected chi connectivity index (χ4v) is 2.92. The molecule has 2 aromatic carbocycles. The summed E-state index contributed by atoms with van der Waals surface area (Å²) in [7, 11) is 0. The number of nitrogens with zero attached hydrogens (tertiary/aromatic N) is 1. The molecule has 0 aromatic heterocycles. The van der Waals surface area contributed by atoms with Crippen LogP contribution in [0.1, 0.15) is 5.56 Å². The highest BCUT2D eigenvalue weighted by Gasteiger charge is 2.16. The fourth-order valence-electron chi connectivity index (χ4n) is 2.63. The average Bonchev–Trinajstić information content (AvgIpc) is 2.56. The van der Waals surface area contributed by atoms with Gasteiger partial charge >= 0.3 is 0 Å². The van der Waals surface area contributed by atoms with Gasteiger partial charge in [-0.15, -0.1) is 0 Å². The SMILES string of the molecule is O=C(Cc1cccc2ccccc12)NC(=S)N1CCOCC1. The molecular weight excluding hydrogens is 296 g/mol. The molecule has 1 amide bonds. The van der Waals surface area contributed by atoms with Crippen molar-refractivity contribution in [3.05, 3.63) is 48.0 Å². The number of nitrogens with one attached hydrogen (secondary N) is 1. The zero-order chi connectivity index (χ0) is 15.4. The second-order valence-electron chi connectivity index (χ2n) is 5.27. The maximum absolute atomic E-state index is 12.3. The molecule has 0 atom stereocenters. The van der Waals surface area contributed by atoms with E-state index in [-0.39, 0.29) is 5.91 Å². The predicted octanol–water partition coefficient (Wildman–Crippen LogP) is 2.12. The maximum atomic E-state index is 12.3. The Kier molecular flexibility index (Phi) is 4.65. The van der Waals surface area contributed by atoms with Gasteiger partial charge in [0.05, 0.1) is 19.6 Å². The van der Waals surface area contributed by atoms with Gasteiger partial charge in [0.2, 0.25) is 5.91 Å². The number of carbonyl (C=O) groups excluding carboxylic acids is 1. The molecule has 5 heteroatoms. The van der Waals surface area contributed by atoms with Crippen LogP contribution in [0.5, 0.6) is 0 Å². The number of carbonyl (C=O) groups is 1. The zero-order valence-corrected chi connectivity index (χ0v) is 13.1. The smallest absolute Gasteiger partial charge is 0.230 e. The molecule has 2 aromatic rings. The summed E-state index contributed by atoms with van der Waals surface area (Å²) in [6, 6.07) is 14.1. The number of ether oxygens (including phenoxy) is 1. The van der Waals surface area contributed by atoms with Gasteiger partial charge in [-0.1, -0.05) is 42.5 Å². The van der Waals surface area contributed by atoms with Gasteiger partial charge in [-0.2, -0.15) is 0 Å². The van der Waals surface area contributed by atoms with Crippen molar-refractivity contribution in [3.63, 3.8) is 0 Å². The van der Waals surface area contributed by atoms with Crippen molar-refractivity contribution in [2.45, 2.75) is 6.42 Å². The van der Waals surface area contributed by atoms with Crippen LogP contribution >= 0.6 is 12.2 Å². The molecule has 0 unspecified atom stereocenters. The average molecular weight is 314 g/mol. The second-order valence-corrected chi connectivity index (χ2v) is 5.65.